The van der Waals surface area contributed by atoms with Gasteiger partial charge in [0.1, 0.15) is 11.8 Å². The lowest BCUT2D eigenvalue weighted by molar-refractivity contribution is -0.126. The van der Waals surface area contributed by atoms with Crippen LogP contribution in [0, 0.1) is 0 Å². The Hall–Kier alpha value is -2.86. The molecule has 1 heterocycles. The fraction of sp³-hybridized carbons (Fsp3) is 0.385. The molecular weight excluding hydrogens is 420 g/mol. The summed E-state index contributed by atoms with van der Waals surface area (Å²) in [7, 11) is 1.59. The number of amides is 2. The van der Waals surface area contributed by atoms with E-state index in [1.54, 1.807) is 24.2 Å². The van der Waals surface area contributed by atoms with Gasteiger partial charge in [-0.1, -0.05) is 50.1 Å². The fourth-order valence-corrected chi connectivity index (χ4v) is 4.87. The smallest absolute Gasteiger partial charge is 0.248 e. The molecule has 3 rings (SSSR count). The van der Waals surface area contributed by atoms with Crippen LogP contribution in [-0.4, -0.2) is 31.0 Å². The number of rotatable bonds is 9. The van der Waals surface area contributed by atoms with Crippen LogP contribution in [0.5, 0.6) is 5.75 Å². The van der Waals surface area contributed by atoms with E-state index in [2.05, 4.69) is 11.9 Å². The first kappa shape index (κ1) is 23.8. The molecule has 2 aromatic rings. The van der Waals surface area contributed by atoms with Crippen LogP contribution in [0.25, 0.3) is 0 Å². The molecule has 0 radical (unpaired) electrons. The maximum Gasteiger partial charge on any atom is 0.248 e. The van der Waals surface area contributed by atoms with E-state index in [0.29, 0.717) is 17.0 Å². The van der Waals surface area contributed by atoms with Gasteiger partial charge in [-0.25, -0.2) is 0 Å². The first-order valence-electron chi connectivity index (χ1n) is 11.1. The summed E-state index contributed by atoms with van der Waals surface area (Å²) in [4.78, 5) is 29.8. The molecule has 1 aromatic heterocycles. The number of benzene rings is 1. The van der Waals surface area contributed by atoms with Crippen molar-refractivity contribution < 1.29 is 14.3 Å². The highest BCUT2D eigenvalue weighted by Gasteiger charge is 2.34. The Bertz CT molecular complexity index is 946. The third-order valence-corrected chi connectivity index (χ3v) is 6.73. The van der Waals surface area contributed by atoms with Crippen molar-refractivity contribution in [3.63, 3.8) is 0 Å². The Balaban J connectivity index is 2.01. The number of allylic oxidation sites excluding steroid dienone is 1. The van der Waals surface area contributed by atoms with Crippen LogP contribution in [0.3, 0.4) is 0 Å². The molecule has 1 N–H and O–H groups in total. The van der Waals surface area contributed by atoms with Crippen LogP contribution in [0.4, 0.5) is 5.69 Å². The molecular formula is C26H32N2O3S. The SMILES string of the molecule is C=C/C(=C\C)C(C(=O)NC1CCCCC1)N(C(=O)Cc1cccs1)c1cccc(OC)c1. The summed E-state index contributed by atoms with van der Waals surface area (Å²) < 4.78 is 5.39. The Morgan fingerprint density at radius 3 is 2.66 bits per heavy atom. The molecule has 1 aliphatic rings. The number of methoxy groups -OCH3 is 1. The van der Waals surface area contributed by atoms with E-state index in [0.717, 1.165) is 30.6 Å². The van der Waals surface area contributed by atoms with Gasteiger partial charge in [-0.05, 0) is 48.9 Å². The Labute approximate surface area is 194 Å². The van der Waals surface area contributed by atoms with Crippen LogP contribution in [0.2, 0.25) is 0 Å². The summed E-state index contributed by atoms with van der Waals surface area (Å²) in [6.45, 7) is 5.78. The fourth-order valence-electron chi connectivity index (χ4n) is 4.18. The second-order valence-electron chi connectivity index (χ2n) is 7.96. The van der Waals surface area contributed by atoms with E-state index >= 15 is 0 Å². The molecule has 1 atom stereocenters. The van der Waals surface area contributed by atoms with Gasteiger partial charge < -0.3 is 10.1 Å². The van der Waals surface area contributed by atoms with E-state index < -0.39 is 6.04 Å². The summed E-state index contributed by atoms with van der Waals surface area (Å²) in [6.07, 6.45) is 9.11. The number of hydrogen-bond donors (Lipinski definition) is 1. The van der Waals surface area contributed by atoms with Gasteiger partial charge in [0, 0.05) is 22.7 Å². The normalized spacial score (nSPS) is 15.6. The Morgan fingerprint density at radius 2 is 2.03 bits per heavy atom. The molecule has 170 valence electrons. The average molecular weight is 453 g/mol. The standard InChI is InChI=1S/C26H32N2O3S/c1-4-19(5-2)25(26(30)27-20-11-7-6-8-12-20)28(21-13-9-14-22(17-21)31-3)24(29)18-23-15-10-16-32-23/h4-5,9-10,13-17,20,25H,1,6-8,11-12,18H2,2-3H3,(H,27,30)/b19-5+. The lowest BCUT2D eigenvalue weighted by Gasteiger charge is -2.34. The summed E-state index contributed by atoms with van der Waals surface area (Å²) in [5.74, 6) is 0.307. The first-order chi connectivity index (χ1) is 15.6. The van der Waals surface area contributed by atoms with Crippen molar-refractivity contribution in [2.45, 2.75) is 57.5 Å². The monoisotopic (exact) mass is 452 g/mol. The van der Waals surface area contributed by atoms with Crippen LogP contribution in [0.1, 0.15) is 43.9 Å². The minimum Gasteiger partial charge on any atom is -0.497 e. The number of nitrogens with one attached hydrogen (secondary N) is 1. The summed E-state index contributed by atoms with van der Waals surface area (Å²) in [5, 5.41) is 5.16. The number of thiophene rings is 1. The second-order valence-corrected chi connectivity index (χ2v) is 8.99. The van der Waals surface area contributed by atoms with Gasteiger partial charge in [-0.2, -0.15) is 0 Å². The molecule has 1 aliphatic carbocycles. The van der Waals surface area contributed by atoms with Crippen molar-refractivity contribution in [2.24, 2.45) is 0 Å². The van der Waals surface area contributed by atoms with E-state index in [4.69, 9.17) is 4.74 Å². The molecule has 0 spiro atoms. The van der Waals surface area contributed by atoms with Crippen molar-refractivity contribution in [1.82, 2.24) is 5.32 Å². The highest BCUT2D eigenvalue weighted by Crippen LogP contribution is 2.28. The zero-order valence-electron chi connectivity index (χ0n) is 18.9. The molecule has 0 bridgehead atoms. The Morgan fingerprint density at radius 1 is 1.25 bits per heavy atom. The van der Waals surface area contributed by atoms with Gasteiger partial charge in [0.15, 0.2) is 0 Å². The van der Waals surface area contributed by atoms with Crippen molar-refractivity contribution in [3.05, 3.63) is 71.0 Å². The van der Waals surface area contributed by atoms with Gasteiger partial charge >= 0.3 is 0 Å². The molecule has 1 fully saturated rings. The lowest BCUT2D eigenvalue weighted by Crippen LogP contribution is -2.53. The molecule has 5 nitrogen and oxygen atoms in total. The number of carbonyl (C=O) groups excluding carboxylic acids is 2. The summed E-state index contributed by atoms with van der Waals surface area (Å²) in [5.41, 5.74) is 1.32. The number of nitrogens with zero attached hydrogens (tertiary/aromatic N) is 1. The maximum atomic E-state index is 13.6. The van der Waals surface area contributed by atoms with Gasteiger partial charge in [0.2, 0.25) is 11.8 Å². The predicted molar refractivity (Wildman–Crippen MR) is 131 cm³/mol. The van der Waals surface area contributed by atoms with Crippen molar-refractivity contribution in [3.8, 4) is 5.75 Å². The highest BCUT2D eigenvalue weighted by atomic mass is 32.1. The van der Waals surface area contributed by atoms with E-state index in [-0.39, 0.29) is 24.3 Å². The summed E-state index contributed by atoms with van der Waals surface area (Å²) in [6, 6.07) is 10.5. The first-order valence-corrected chi connectivity index (χ1v) is 12.0. The number of anilines is 1. The van der Waals surface area contributed by atoms with Crippen molar-refractivity contribution in [2.75, 3.05) is 12.0 Å². The molecule has 1 saturated carbocycles. The lowest BCUT2D eigenvalue weighted by atomic mass is 9.94. The maximum absolute atomic E-state index is 13.6. The number of carbonyl (C=O) groups is 2. The van der Waals surface area contributed by atoms with Gasteiger partial charge in [-0.3, -0.25) is 14.5 Å². The highest BCUT2D eigenvalue weighted by molar-refractivity contribution is 7.10. The molecule has 32 heavy (non-hydrogen) atoms. The predicted octanol–water partition coefficient (Wildman–Crippen LogP) is 5.28. The summed E-state index contributed by atoms with van der Waals surface area (Å²) >= 11 is 1.53. The van der Waals surface area contributed by atoms with Crippen LogP contribution in [0.15, 0.2) is 66.1 Å². The largest absolute Gasteiger partial charge is 0.497 e. The zero-order valence-corrected chi connectivity index (χ0v) is 19.7. The topological polar surface area (TPSA) is 58.6 Å². The van der Waals surface area contributed by atoms with E-state index in [1.165, 1.54) is 17.8 Å². The van der Waals surface area contributed by atoms with Crippen LogP contribution < -0.4 is 15.0 Å². The molecule has 2 amide bonds. The minimum atomic E-state index is -0.806. The molecule has 1 aromatic carbocycles. The van der Waals surface area contributed by atoms with Crippen LogP contribution >= 0.6 is 11.3 Å². The molecule has 0 saturated heterocycles. The molecule has 0 aliphatic heterocycles. The second kappa shape index (κ2) is 11.7. The van der Waals surface area contributed by atoms with Gasteiger partial charge in [-0.15, -0.1) is 11.3 Å². The molecule has 1 unspecified atom stereocenters. The number of hydrogen-bond acceptors (Lipinski definition) is 4. The molecule has 6 heteroatoms. The zero-order chi connectivity index (χ0) is 22.9. The van der Waals surface area contributed by atoms with E-state index in [1.807, 2.05) is 48.7 Å². The Kier molecular flexibility index (Phi) is 8.68. The van der Waals surface area contributed by atoms with Gasteiger partial charge in [0.05, 0.1) is 13.5 Å². The average Bonchev–Trinajstić information content (AvgIpc) is 3.32. The van der Waals surface area contributed by atoms with Crippen molar-refractivity contribution in [1.29, 1.82) is 0 Å². The third-order valence-electron chi connectivity index (χ3n) is 5.85. The third kappa shape index (κ3) is 5.88. The quantitative estimate of drug-likeness (QED) is 0.527. The van der Waals surface area contributed by atoms with E-state index in [9.17, 15) is 9.59 Å². The van der Waals surface area contributed by atoms with Gasteiger partial charge in [0.25, 0.3) is 0 Å². The van der Waals surface area contributed by atoms with Crippen molar-refractivity contribution >= 4 is 28.8 Å². The minimum absolute atomic E-state index is 0.140. The van der Waals surface area contributed by atoms with Crippen LogP contribution in [-0.2, 0) is 16.0 Å². The number of ether oxygens (including phenoxy) is 1.